The Morgan fingerprint density at radius 1 is 1.06 bits per heavy atom. The lowest BCUT2D eigenvalue weighted by molar-refractivity contribution is -0.139. The van der Waals surface area contributed by atoms with Crippen molar-refractivity contribution in [3.63, 3.8) is 0 Å². The molecule has 3 fully saturated rings. The Morgan fingerprint density at radius 2 is 1.76 bits per heavy atom. The fraction of sp³-hybridized carbons (Fsp3) is 0.708. The summed E-state index contributed by atoms with van der Waals surface area (Å²) in [6.45, 7) is 8.29. The molecule has 4 rings (SSSR count). The Bertz CT molecular complexity index is 927. The van der Waals surface area contributed by atoms with Crippen LogP contribution in [0.4, 0.5) is 0 Å². The first kappa shape index (κ1) is 25.5. The quantitative estimate of drug-likeness (QED) is 0.550. The lowest BCUT2D eigenvalue weighted by Gasteiger charge is -2.42. The third-order valence-corrected chi connectivity index (χ3v) is 9.37. The molecule has 0 aliphatic carbocycles. The van der Waals surface area contributed by atoms with E-state index >= 15 is 0 Å². The lowest BCUT2D eigenvalue weighted by atomic mass is 10.0. The van der Waals surface area contributed by atoms with E-state index in [9.17, 15) is 13.2 Å². The zero-order valence-electron chi connectivity index (χ0n) is 20.4. The molecule has 0 N–H and O–H groups in total. The number of hydrogen-bond donors (Lipinski definition) is 0. The van der Waals surface area contributed by atoms with E-state index in [1.807, 2.05) is 11.0 Å². The summed E-state index contributed by atoms with van der Waals surface area (Å²) in [4.78, 5) is 19.8. The van der Waals surface area contributed by atoms with Gasteiger partial charge in [-0.05, 0) is 51.5 Å². The zero-order valence-corrected chi connectivity index (χ0v) is 21.2. The van der Waals surface area contributed by atoms with Crippen LogP contribution in [0, 0.1) is 6.92 Å². The SMILES string of the molecule is Cc1ccccc1S(=O)(=O)N1CCOC[C@H]1COCC(=O)N1CCN(C2CCN(C)CC2)CC1. The summed E-state index contributed by atoms with van der Waals surface area (Å²) >= 11 is 0. The van der Waals surface area contributed by atoms with E-state index in [4.69, 9.17) is 9.47 Å². The highest BCUT2D eigenvalue weighted by Crippen LogP contribution is 2.23. The Kier molecular flexibility index (Phi) is 8.60. The predicted molar refractivity (Wildman–Crippen MR) is 129 cm³/mol. The largest absolute Gasteiger partial charge is 0.378 e. The molecule has 0 radical (unpaired) electrons. The number of piperazine rings is 1. The Morgan fingerprint density at radius 3 is 2.47 bits per heavy atom. The first-order valence-corrected chi connectivity index (χ1v) is 13.7. The minimum atomic E-state index is -3.66. The minimum Gasteiger partial charge on any atom is -0.378 e. The van der Waals surface area contributed by atoms with E-state index in [-0.39, 0.29) is 32.3 Å². The van der Waals surface area contributed by atoms with Crippen LogP contribution in [0.2, 0.25) is 0 Å². The smallest absolute Gasteiger partial charge is 0.248 e. The third kappa shape index (κ3) is 5.98. The first-order valence-electron chi connectivity index (χ1n) is 12.3. The molecule has 1 amide bonds. The van der Waals surface area contributed by atoms with Gasteiger partial charge in [-0.2, -0.15) is 4.31 Å². The van der Waals surface area contributed by atoms with Crippen LogP contribution in [0.1, 0.15) is 18.4 Å². The average molecular weight is 495 g/mol. The molecule has 0 bridgehead atoms. The average Bonchev–Trinajstić information content (AvgIpc) is 2.85. The highest BCUT2D eigenvalue weighted by atomic mass is 32.2. The molecule has 3 aliphatic rings. The predicted octanol–water partition coefficient (Wildman–Crippen LogP) is 0.640. The number of aryl methyl sites for hydroxylation is 1. The fourth-order valence-electron chi connectivity index (χ4n) is 5.13. The van der Waals surface area contributed by atoms with Gasteiger partial charge in [0.15, 0.2) is 0 Å². The van der Waals surface area contributed by atoms with Crippen molar-refractivity contribution < 1.29 is 22.7 Å². The van der Waals surface area contributed by atoms with Crippen LogP contribution < -0.4 is 0 Å². The summed E-state index contributed by atoms with van der Waals surface area (Å²) < 4.78 is 39.3. The van der Waals surface area contributed by atoms with E-state index in [0.717, 1.165) is 39.3 Å². The number of sulfonamides is 1. The molecule has 0 saturated carbocycles. The number of likely N-dealkylation sites (tertiary alicyclic amines) is 1. The molecule has 190 valence electrons. The van der Waals surface area contributed by atoms with Crippen molar-refractivity contribution in [2.75, 3.05) is 79.3 Å². The van der Waals surface area contributed by atoms with Gasteiger partial charge < -0.3 is 19.3 Å². The maximum atomic E-state index is 13.3. The van der Waals surface area contributed by atoms with Crippen LogP contribution >= 0.6 is 0 Å². The molecule has 1 aromatic rings. The molecule has 9 nitrogen and oxygen atoms in total. The highest BCUT2D eigenvalue weighted by molar-refractivity contribution is 7.89. The van der Waals surface area contributed by atoms with Gasteiger partial charge in [-0.25, -0.2) is 8.42 Å². The number of benzene rings is 1. The normalized spacial score (nSPS) is 24.4. The third-order valence-electron chi connectivity index (χ3n) is 7.26. The standard InChI is InChI=1S/C24H38N4O5S/c1-20-5-3-4-6-23(20)34(30,31)28-15-16-32-17-22(28)18-33-19-24(29)27-13-11-26(12-14-27)21-7-9-25(2)10-8-21/h3-6,21-22H,7-19H2,1-2H3/t22-/m0/s1. The second-order valence-electron chi connectivity index (χ2n) is 9.58. The molecule has 10 heteroatoms. The lowest BCUT2D eigenvalue weighted by Crippen LogP contribution is -2.54. The second kappa shape index (κ2) is 11.5. The molecule has 1 aromatic carbocycles. The second-order valence-corrected chi connectivity index (χ2v) is 11.4. The van der Waals surface area contributed by atoms with Crippen LogP contribution in [-0.4, -0.2) is 125 Å². The number of ether oxygens (including phenoxy) is 2. The van der Waals surface area contributed by atoms with Crippen LogP contribution in [-0.2, 0) is 24.3 Å². The van der Waals surface area contributed by atoms with Crippen LogP contribution in [0.3, 0.4) is 0 Å². The maximum absolute atomic E-state index is 13.3. The molecule has 1 atom stereocenters. The van der Waals surface area contributed by atoms with Gasteiger partial charge in [0.25, 0.3) is 0 Å². The summed E-state index contributed by atoms with van der Waals surface area (Å²) in [6.07, 6.45) is 2.39. The molecule has 0 aromatic heterocycles. The number of piperidine rings is 1. The summed E-state index contributed by atoms with van der Waals surface area (Å²) in [5, 5.41) is 0. The monoisotopic (exact) mass is 494 g/mol. The molecular formula is C24H38N4O5S. The summed E-state index contributed by atoms with van der Waals surface area (Å²) in [5.74, 6) is -0.0342. The number of hydrogen-bond acceptors (Lipinski definition) is 7. The van der Waals surface area contributed by atoms with E-state index in [1.165, 1.54) is 17.1 Å². The van der Waals surface area contributed by atoms with Crippen molar-refractivity contribution in [3.05, 3.63) is 29.8 Å². The molecule has 0 spiro atoms. The Hall–Kier alpha value is -1.56. The van der Waals surface area contributed by atoms with E-state index in [1.54, 1.807) is 25.1 Å². The molecule has 3 heterocycles. The van der Waals surface area contributed by atoms with Crippen LogP contribution in [0.25, 0.3) is 0 Å². The van der Waals surface area contributed by atoms with Crippen molar-refractivity contribution >= 4 is 15.9 Å². The van der Waals surface area contributed by atoms with Crippen LogP contribution in [0.5, 0.6) is 0 Å². The number of rotatable bonds is 7. The van der Waals surface area contributed by atoms with E-state index < -0.39 is 16.1 Å². The van der Waals surface area contributed by atoms with Crippen molar-refractivity contribution in [2.45, 2.75) is 36.7 Å². The number of carbonyl (C=O) groups is 1. The zero-order chi connectivity index (χ0) is 24.1. The summed E-state index contributed by atoms with van der Waals surface area (Å²) in [6, 6.07) is 7.16. The molecule has 34 heavy (non-hydrogen) atoms. The Labute approximate surface area is 203 Å². The first-order chi connectivity index (χ1) is 16.4. The number of morpholine rings is 1. The van der Waals surface area contributed by atoms with Crippen LogP contribution in [0.15, 0.2) is 29.2 Å². The van der Waals surface area contributed by atoms with Gasteiger partial charge in [-0.1, -0.05) is 18.2 Å². The fourth-order valence-corrected chi connectivity index (χ4v) is 6.94. The number of carbonyl (C=O) groups excluding carboxylic acids is 1. The Balaban J connectivity index is 1.25. The molecular weight excluding hydrogens is 456 g/mol. The van der Waals surface area contributed by atoms with E-state index in [0.29, 0.717) is 23.1 Å². The summed E-state index contributed by atoms with van der Waals surface area (Å²) in [5.41, 5.74) is 0.711. The van der Waals surface area contributed by atoms with Gasteiger partial charge in [0, 0.05) is 38.8 Å². The molecule has 0 unspecified atom stereocenters. The van der Waals surface area contributed by atoms with Gasteiger partial charge in [-0.3, -0.25) is 9.69 Å². The number of nitrogens with zero attached hydrogens (tertiary/aromatic N) is 4. The van der Waals surface area contributed by atoms with E-state index in [2.05, 4.69) is 16.8 Å². The van der Waals surface area contributed by atoms with Gasteiger partial charge in [0.1, 0.15) is 6.61 Å². The number of amides is 1. The van der Waals surface area contributed by atoms with Gasteiger partial charge in [0.05, 0.1) is 30.8 Å². The molecule has 3 aliphatic heterocycles. The van der Waals surface area contributed by atoms with Gasteiger partial charge in [0.2, 0.25) is 15.9 Å². The minimum absolute atomic E-state index is 0.0342. The van der Waals surface area contributed by atoms with Crippen molar-refractivity contribution in [3.8, 4) is 0 Å². The van der Waals surface area contributed by atoms with Gasteiger partial charge >= 0.3 is 0 Å². The van der Waals surface area contributed by atoms with Crippen molar-refractivity contribution in [1.82, 2.24) is 19.0 Å². The highest BCUT2D eigenvalue weighted by Gasteiger charge is 2.35. The maximum Gasteiger partial charge on any atom is 0.248 e. The van der Waals surface area contributed by atoms with Crippen molar-refractivity contribution in [1.29, 1.82) is 0 Å². The van der Waals surface area contributed by atoms with Crippen molar-refractivity contribution in [2.24, 2.45) is 0 Å². The summed E-state index contributed by atoms with van der Waals surface area (Å²) in [7, 11) is -1.49. The topological polar surface area (TPSA) is 82.6 Å². The van der Waals surface area contributed by atoms with Gasteiger partial charge in [-0.15, -0.1) is 0 Å². The molecule has 3 saturated heterocycles.